The van der Waals surface area contributed by atoms with E-state index in [1.807, 2.05) is 91.0 Å². The quantitative estimate of drug-likeness (QED) is 0.238. The molecule has 0 bridgehead atoms. The van der Waals surface area contributed by atoms with Crippen molar-refractivity contribution in [1.29, 1.82) is 0 Å². The Morgan fingerprint density at radius 1 is 0.579 bits per heavy atom. The average Bonchev–Trinajstić information content (AvgIpc) is 3.64. The Labute approximate surface area is 217 Å². The Morgan fingerprint density at radius 3 is 2.08 bits per heavy atom. The molecule has 0 fully saturated rings. The molecule has 0 aliphatic rings. The molecule has 0 atom stereocenters. The zero-order valence-electron chi connectivity index (χ0n) is 20.0. The van der Waals surface area contributed by atoms with Crippen LogP contribution in [-0.4, -0.2) is 12.4 Å². The molecule has 0 radical (unpaired) electrons. The molecule has 0 aliphatic heterocycles. The van der Waals surface area contributed by atoms with Gasteiger partial charge in [0, 0.05) is 26.9 Å². The van der Waals surface area contributed by atoms with Crippen molar-refractivity contribution in [3.05, 3.63) is 115 Å². The number of aromatic nitrogens is 1. The lowest BCUT2D eigenvalue weighted by atomic mass is 10.0. The highest BCUT2D eigenvalue weighted by atomic mass is 32.2. The van der Waals surface area contributed by atoms with Crippen molar-refractivity contribution in [2.24, 2.45) is 0 Å². The fourth-order valence-electron chi connectivity index (χ4n) is 5.57. The van der Waals surface area contributed by atoms with Crippen molar-refractivity contribution in [3.63, 3.8) is 0 Å². The second-order valence-electron chi connectivity index (χ2n) is 9.37. The normalized spacial score (nSPS) is 12.4. The molecule has 5 aromatic carbocycles. The highest BCUT2D eigenvalue weighted by Crippen LogP contribution is 2.46. The second kappa shape index (κ2) is 7.60. The fraction of sp³-hybridized carbons (Fsp3) is 0. The summed E-state index contributed by atoms with van der Waals surface area (Å²) in [4.78, 5) is 0.227. The molecule has 0 amide bonds. The van der Waals surface area contributed by atoms with Crippen LogP contribution in [0.4, 0.5) is 0 Å². The van der Waals surface area contributed by atoms with Gasteiger partial charge in [0.15, 0.2) is 0 Å². The van der Waals surface area contributed by atoms with E-state index in [1.54, 1.807) is 24.3 Å². The summed E-state index contributed by atoms with van der Waals surface area (Å²) >= 11 is 0. The van der Waals surface area contributed by atoms with E-state index in [0.29, 0.717) is 22.4 Å². The van der Waals surface area contributed by atoms with Gasteiger partial charge >= 0.3 is 0 Å². The maximum absolute atomic E-state index is 14.2. The number of fused-ring (bicyclic) bond motifs is 7. The minimum Gasteiger partial charge on any atom is -0.456 e. The molecular formula is C32H19NO4S. The number of hydrogen-bond acceptors (Lipinski definition) is 4. The first-order valence-electron chi connectivity index (χ1n) is 12.3. The highest BCUT2D eigenvalue weighted by Gasteiger charge is 2.28. The van der Waals surface area contributed by atoms with Crippen LogP contribution in [0.5, 0.6) is 0 Å². The van der Waals surface area contributed by atoms with Crippen molar-refractivity contribution in [3.8, 4) is 11.3 Å². The zero-order valence-corrected chi connectivity index (χ0v) is 20.8. The molecule has 0 saturated heterocycles. The number of benzene rings is 5. The Morgan fingerprint density at radius 2 is 1.26 bits per heavy atom. The van der Waals surface area contributed by atoms with Gasteiger partial charge in [-0.2, -0.15) is 0 Å². The number of rotatable bonds is 3. The van der Waals surface area contributed by atoms with E-state index in [0.717, 1.165) is 43.7 Å². The second-order valence-corrected chi connectivity index (χ2v) is 11.2. The predicted molar refractivity (Wildman–Crippen MR) is 151 cm³/mol. The SMILES string of the molecule is O=S(=O)(c1ccccc1)n1c2ccccc2c2c(-c3cc4ccccc4o3)c3oc4ccccc4c3cc21. The molecule has 38 heavy (non-hydrogen) atoms. The largest absolute Gasteiger partial charge is 0.456 e. The summed E-state index contributed by atoms with van der Waals surface area (Å²) in [5, 5.41) is 4.28. The van der Waals surface area contributed by atoms with Crippen molar-refractivity contribution in [1.82, 2.24) is 3.97 Å². The minimum atomic E-state index is -3.92. The molecule has 6 heteroatoms. The summed E-state index contributed by atoms with van der Waals surface area (Å²) in [6.07, 6.45) is 0. The van der Waals surface area contributed by atoms with Crippen LogP contribution in [0.2, 0.25) is 0 Å². The van der Waals surface area contributed by atoms with Crippen LogP contribution in [-0.2, 0) is 10.0 Å². The third kappa shape index (κ3) is 2.83. The average molecular weight is 514 g/mol. The molecule has 0 aliphatic carbocycles. The van der Waals surface area contributed by atoms with Crippen LogP contribution >= 0.6 is 0 Å². The summed E-state index contributed by atoms with van der Waals surface area (Å²) in [7, 11) is -3.92. The molecule has 8 rings (SSSR count). The van der Waals surface area contributed by atoms with Gasteiger partial charge in [-0.3, -0.25) is 0 Å². The molecule has 182 valence electrons. The highest BCUT2D eigenvalue weighted by molar-refractivity contribution is 7.90. The monoisotopic (exact) mass is 513 g/mol. The zero-order chi connectivity index (χ0) is 25.4. The van der Waals surface area contributed by atoms with Gasteiger partial charge < -0.3 is 8.83 Å². The van der Waals surface area contributed by atoms with Crippen molar-refractivity contribution in [2.75, 3.05) is 0 Å². The predicted octanol–water partition coefficient (Wildman–Crippen LogP) is 8.34. The maximum atomic E-state index is 14.2. The Kier molecular flexibility index (Phi) is 4.26. The Balaban J connectivity index is 1.63. The lowest BCUT2D eigenvalue weighted by Gasteiger charge is -2.10. The Hall–Kier alpha value is -4.81. The van der Waals surface area contributed by atoms with Gasteiger partial charge in [0.2, 0.25) is 0 Å². The summed E-state index contributed by atoms with van der Waals surface area (Å²) in [5.74, 6) is 0.626. The van der Waals surface area contributed by atoms with Gasteiger partial charge in [0.05, 0.1) is 21.5 Å². The maximum Gasteiger partial charge on any atom is 0.268 e. The minimum absolute atomic E-state index is 0.227. The lowest BCUT2D eigenvalue weighted by Crippen LogP contribution is -2.12. The first-order chi connectivity index (χ1) is 18.6. The van der Waals surface area contributed by atoms with Crippen LogP contribution < -0.4 is 0 Å². The molecule has 0 saturated carbocycles. The Bertz CT molecular complexity index is 2270. The third-order valence-corrected chi connectivity index (χ3v) is 8.95. The molecule has 5 nitrogen and oxygen atoms in total. The van der Waals surface area contributed by atoms with Gasteiger partial charge in [-0.1, -0.05) is 72.8 Å². The van der Waals surface area contributed by atoms with Crippen LogP contribution in [0.1, 0.15) is 0 Å². The van der Waals surface area contributed by atoms with Gasteiger partial charge in [-0.05, 0) is 42.5 Å². The van der Waals surface area contributed by atoms with E-state index >= 15 is 0 Å². The van der Waals surface area contributed by atoms with Crippen LogP contribution in [0, 0.1) is 0 Å². The number of hydrogen-bond donors (Lipinski definition) is 0. The smallest absolute Gasteiger partial charge is 0.268 e. The third-order valence-electron chi connectivity index (χ3n) is 7.21. The number of para-hydroxylation sites is 3. The fourth-order valence-corrected chi connectivity index (χ4v) is 7.10. The van der Waals surface area contributed by atoms with Crippen LogP contribution in [0.15, 0.2) is 129 Å². The first kappa shape index (κ1) is 21.3. The standard InChI is InChI=1S/C32H19NO4S/c34-38(35,21-11-2-1-3-12-21)33-25-15-7-5-14-23(25)30-26(33)19-24-22-13-6-9-17-28(22)37-32(24)31(30)29-18-20-10-4-8-16-27(20)36-29/h1-19H. The van der Waals surface area contributed by atoms with Crippen molar-refractivity contribution >= 4 is 64.7 Å². The number of furan rings is 2. The van der Waals surface area contributed by atoms with Gasteiger partial charge in [-0.25, -0.2) is 12.4 Å². The molecule has 3 aromatic heterocycles. The molecule has 0 spiro atoms. The van der Waals surface area contributed by atoms with Gasteiger partial charge in [0.1, 0.15) is 22.5 Å². The van der Waals surface area contributed by atoms with Crippen molar-refractivity contribution in [2.45, 2.75) is 4.90 Å². The molecule has 0 unspecified atom stereocenters. The summed E-state index contributed by atoms with van der Waals surface area (Å²) in [6, 6.07) is 35.7. The summed E-state index contributed by atoms with van der Waals surface area (Å²) < 4.78 is 42.6. The lowest BCUT2D eigenvalue weighted by molar-refractivity contribution is 0.590. The van der Waals surface area contributed by atoms with E-state index in [-0.39, 0.29) is 4.90 Å². The molecule has 8 aromatic rings. The summed E-state index contributed by atoms with van der Waals surface area (Å²) in [5.41, 5.74) is 4.06. The summed E-state index contributed by atoms with van der Waals surface area (Å²) in [6.45, 7) is 0. The van der Waals surface area contributed by atoms with E-state index in [2.05, 4.69) is 0 Å². The van der Waals surface area contributed by atoms with E-state index < -0.39 is 10.0 Å². The van der Waals surface area contributed by atoms with E-state index in [1.165, 1.54) is 3.97 Å². The van der Waals surface area contributed by atoms with Crippen molar-refractivity contribution < 1.29 is 17.3 Å². The molecule has 0 N–H and O–H groups in total. The van der Waals surface area contributed by atoms with Gasteiger partial charge in [-0.15, -0.1) is 0 Å². The molecular weight excluding hydrogens is 494 g/mol. The first-order valence-corrected chi connectivity index (χ1v) is 13.7. The van der Waals surface area contributed by atoms with Crippen LogP contribution in [0.25, 0.3) is 66.0 Å². The van der Waals surface area contributed by atoms with Crippen LogP contribution in [0.3, 0.4) is 0 Å². The van der Waals surface area contributed by atoms with E-state index in [4.69, 9.17) is 8.83 Å². The van der Waals surface area contributed by atoms with E-state index in [9.17, 15) is 8.42 Å². The topological polar surface area (TPSA) is 65.3 Å². The molecule has 3 heterocycles. The number of nitrogens with zero attached hydrogens (tertiary/aromatic N) is 1. The van der Waals surface area contributed by atoms with Gasteiger partial charge in [0.25, 0.3) is 10.0 Å².